The van der Waals surface area contributed by atoms with Crippen LogP contribution in [0, 0.1) is 6.92 Å². The Kier molecular flexibility index (Phi) is 6.06. The van der Waals surface area contributed by atoms with Crippen LogP contribution in [0.25, 0.3) is 16.7 Å². The highest BCUT2D eigenvalue weighted by atomic mass is 19.4. The molecular formula is C24H19F3N4O3. The SMILES string of the molecule is CCOC(=O)c1cnn(-c2cc(C)c3ccccc3n2)c1NC(=O)c1ccc(C(F)(F)F)cc1. The van der Waals surface area contributed by atoms with Crippen LogP contribution >= 0.6 is 0 Å². The van der Waals surface area contributed by atoms with Crippen molar-refractivity contribution < 1.29 is 27.5 Å². The van der Waals surface area contributed by atoms with Gasteiger partial charge in [0, 0.05) is 10.9 Å². The van der Waals surface area contributed by atoms with Gasteiger partial charge in [-0.15, -0.1) is 0 Å². The summed E-state index contributed by atoms with van der Waals surface area (Å²) in [6.45, 7) is 3.63. The molecule has 1 N–H and O–H groups in total. The highest BCUT2D eigenvalue weighted by Crippen LogP contribution is 2.29. The molecule has 1 amide bonds. The van der Waals surface area contributed by atoms with Crippen molar-refractivity contribution in [2.75, 3.05) is 11.9 Å². The summed E-state index contributed by atoms with van der Waals surface area (Å²) >= 11 is 0. The summed E-state index contributed by atoms with van der Waals surface area (Å²) < 4.78 is 44.9. The number of benzene rings is 2. The number of carbonyl (C=O) groups is 2. The summed E-state index contributed by atoms with van der Waals surface area (Å²) in [5.74, 6) is -1.10. The van der Waals surface area contributed by atoms with Crippen LogP contribution in [0.3, 0.4) is 0 Å². The Bertz CT molecular complexity index is 1380. The van der Waals surface area contributed by atoms with Crippen LogP contribution in [0.4, 0.5) is 19.0 Å². The number of nitrogens with zero attached hydrogens (tertiary/aromatic N) is 3. The number of para-hydroxylation sites is 1. The van der Waals surface area contributed by atoms with E-state index in [0.717, 1.165) is 35.2 Å². The molecule has 0 unspecified atom stereocenters. The maximum absolute atomic E-state index is 12.9. The number of aryl methyl sites for hydroxylation is 1. The van der Waals surface area contributed by atoms with Gasteiger partial charge in [-0.25, -0.2) is 9.78 Å². The van der Waals surface area contributed by atoms with Crippen molar-refractivity contribution in [3.8, 4) is 5.82 Å². The molecule has 0 spiro atoms. The smallest absolute Gasteiger partial charge is 0.416 e. The van der Waals surface area contributed by atoms with E-state index in [-0.39, 0.29) is 23.6 Å². The first kappa shape index (κ1) is 23.0. The van der Waals surface area contributed by atoms with Gasteiger partial charge in [-0.1, -0.05) is 18.2 Å². The van der Waals surface area contributed by atoms with E-state index in [1.807, 2.05) is 31.2 Å². The van der Waals surface area contributed by atoms with Gasteiger partial charge in [0.2, 0.25) is 0 Å². The monoisotopic (exact) mass is 468 g/mol. The summed E-state index contributed by atoms with van der Waals surface area (Å²) in [7, 11) is 0. The number of anilines is 1. The fourth-order valence-electron chi connectivity index (χ4n) is 3.43. The molecular weight excluding hydrogens is 449 g/mol. The molecule has 2 aromatic carbocycles. The lowest BCUT2D eigenvalue weighted by molar-refractivity contribution is -0.137. The van der Waals surface area contributed by atoms with Gasteiger partial charge in [-0.05, 0) is 55.8 Å². The van der Waals surface area contributed by atoms with Crippen LogP contribution in [-0.2, 0) is 10.9 Å². The Morgan fingerprint density at radius 3 is 2.47 bits per heavy atom. The first-order chi connectivity index (χ1) is 16.2. The summed E-state index contributed by atoms with van der Waals surface area (Å²) in [5, 5.41) is 7.73. The number of nitrogens with one attached hydrogen (secondary N) is 1. The number of pyridine rings is 1. The zero-order valence-corrected chi connectivity index (χ0v) is 18.2. The largest absolute Gasteiger partial charge is 0.462 e. The number of esters is 1. The molecule has 2 heterocycles. The molecule has 4 rings (SSSR count). The van der Waals surface area contributed by atoms with Gasteiger partial charge < -0.3 is 10.1 Å². The topological polar surface area (TPSA) is 86.1 Å². The fourth-order valence-corrected chi connectivity index (χ4v) is 3.43. The third-order valence-corrected chi connectivity index (χ3v) is 5.10. The summed E-state index contributed by atoms with van der Waals surface area (Å²) in [4.78, 5) is 29.9. The minimum atomic E-state index is -4.52. The highest BCUT2D eigenvalue weighted by molar-refractivity contribution is 6.07. The number of fused-ring (bicyclic) bond motifs is 1. The fraction of sp³-hybridized carbons (Fsp3) is 0.167. The Morgan fingerprint density at radius 1 is 1.09 bits per heavy atom. The molecule has 0 radical (unpaired) electrons. The van der Waals surface area contributed by atoms with E-state index in [1.54, 1.807) is 13.0 Å². The molecule has 0 fully saturated rings. The van der Waals surface area contributed by atoms with Crippen molar-refractivity contribution >= 4 is 28.6 Å². The van der Waals surface area contributed by atoms with Crippen molar-refractivity contribution in [3.63, 3.8) is 0 Å². The van der Waals surface area contributed by atoms with Crippen molar-refractivity contribution in [1.29, 1.82) is 0 Å². The molecule has 174 valence electrons. The van der Waals surface area contributed by atoms with E-state index in [0.29, 0.717) is 11.3 Å². The first-order valence-corrected chi connectivity index (χ1v) is 10.3. The van der Waals surface area contributed by atoms with Crippen LogP contribution < -0.4 is 5.32 Å². The van der Waals surface area contributed by atoms with Crippen LogP contribution in [0.2, 0.25) is 0 Å². The summed E-state index contributed by atoms with van der Waals surface area (Å²) in [6.07, 6.45) is -3.28. The zero-order chi connectivity index (χ0) is 24.5. The molecule has 0 saturated heterocycles. The lowest BCUT2D eigenvalue weighted by atomic mass is 10.1. The molecule has 0 saturated carbocycles. The van der Waals surface area contributed by atoms with Crippen molar-refractivity contribution in [2.45, 2.75) is 20.0 Å². The zero-order valence-electron chi connectivity index (χ0n) is 18.2. The normalized spacial score (nSPS) is 11.4. The van der Waals surface area contributed by atoms with Crippen LogP contribution in [0.15, 0.2) is 60.8 Å². The standard InChI is InChI=1S/C24H19F3N4O3/c1-3-34-23(33)18-13-28-31(20-12-14(2)17-6-4-5-7-19(17)29-20)21(18)30-22(32)15-8-10-16(11-9-15)24(25,26)27/h4-13H,3H2,1-2H3,(H,30,32). The second-order valence-electron chi connectivity index (χ2n) is 7.38. The number of amides is 1. The van der Waals surface area contributed by atoms with E-state index >= 15 is 0 Å². The molecule has 10 heteroatoms. The van der Waals surface area contributed by atoms with Crippen LogP contribution in [0.1, 0.15) is 38.8 Å². The number of hydrogen-bond donors (Lipinski definition) is 1. The number of carbonyl (C=O) groups excluding carboxylic acids is 2. The van der Waals surface area contributed by atoms with E-state index in [1.165, 1.54) is 10.9 Å². The van der Waals surface area contributed by atoms with Gasteiger partial charge in [0.05, 0.1) is 23.9 Å². The molecule has 2 aromatic heterocycles. The number of ether oxygens (including phenoxy) is 1. The van der Waals surface area contributed by atoms with Gasteiger partial charge in [-0.3, -0.25) is 4.79 Å². The van der Waals surface area contributed by atoms with Gasteiger partial charge in [0.1, 0.15) is 5.56 Å². The van der Waals surface area contributed by atoms with E-state index in [9.17, 15) is 22.8 Å². The maximum Gasteiger partial charge on any atom is 0.416 e. The number of hydrogen-bond acceptors (Lipinski definition) is 5. The quantitative estimate of drug-likeness (QED) is 0.408. The predicted octanol–water partition coefficient (Wildman–Crippen LogP) is 5.18. The average molecular weight is 468 g/mol. The average Bonchev–Trinajstić information content (AvgIpc) is 3.22. The van der Waals surface area contributed by atoms with Gasteiger partial charge in [-0.2, -0.15) is 23.0 Å². The third kappa shape index (κ3) is 4.47. The van der Waals surface area contributed by atoms with Crippen molar-refractivity contribution in [2.24, 2.45) is 0 Å². The lowest BCUT2D eigenvalue weighted by Gasteiger charge is -2.13. The second kappa shape index (κ2) is 8.97. The minimum absolute atomic E-state index is 0.00877. The Balaban J connectivity index is 1.76. The molecule has 34 heavy (non-hydrogen) atoms. The van der Waals surface area contributed by atoms with Crippen molar-refractivity contribution in [3.05, 3.63) is 83.0 Å². The minimum Gasteiger partial charge on any atom is -0.462 e. The molecule has 7 nitrogen and oxygen atoms in total. The molecule has 0 aliphatic carbocycles. The van der Waals surface area contributed by atoms with Crippen molar-refractivity contribution in [1.82, 2.24) is 14.8 Å². The molecule has 4 aromatic rings. The summed E-state index contributed by atoms with van der Waals surface area (Å²) in [6, 6.07) is 12.9. The van der Waals surface area contributed by atoms with Crippen LogP contribution in [0.5, 0.6) is 0 Å². The highest BCUT2D eigenvalue weighted by Gasteiger charge is 2.30. The molecule has 0 atom stereocenters. The molecule has 0 aliphatic heterocycles. The van der Waals surface area contributed by atoms with Crippen LogP contribution in [-0.4, -0.2) is 33.2 Å². The third-order valence-electron chi connectivity index (χ3n) is 5.10. The molecule has 0 aliphatic rings. The van der Waals surface area contributed by atoms with Gasteiger partial charge in [0.15, 0.2) is 11.6 Å². The van der Waals surface area contributed by atoms with E-state index in [2.05, 4.69) is 15.4 Å². The van der Waals surface area contributed by atoms with Gasteiger partial charge >= 0.3 is 12.1 Å². The Morgan fingerprint density at radius 2 is 1.79 bits per heavy atom. The lowest BCUT2D eigenvalue weighted by Crippen LogP contribution is -2.19. The second-order valence-corrected chi connectivity index (χ2v) is 7.38. The Hall–Kier alpha value is -4.21. The van der Waals surface area contributed by atoms with E-state index < -0.39 is 23.6 Å². The van der Waals surface area contributed by atoms with Gasteiger partial charge in [0.25, 0.3) is 5.91 Å². The predicted molar refractivity (Wildman–Crippen MR) is 119 cm³/mol. The maximum atomic E-state index is 12.9. The number of rotatable bonds is 5. The summed E-state index contributed by atoms with van der Waals surface area (Å²) in [5.41, 5.74) is 0.657. The Labute approximate surface area is 192 Å². The number of aromatic nitrogens is 3. The van der Waals surface area contributed by atoms with E-state index in [4.69, 9.17) is 4.74 Å². The molecule has 0 bridgehead atoms. The number of halogens is 3. The first-order valence-electron chi connectivity index (χ1n) is 10.3. The number of alkyl halides is 3.